The highest BCUT2D eigenvalue weighted by Gasteiger charge is 2.19. The number of benzene rings is 1. The molecule has 1 fully saturated rings. The fraction of sp³-hybridized carbons (Fsp3) is 0.350. The van der Waals surface area contributed by atoms with Crippen LogP contribution in [-0.4, -0.2) is 36.1 Å². The zero-order valence-corrected chi connectivity index (χ0v) is 14.9. The highest BCUT2D eigenvalue weighted by Crippen LogP contribution is 2.22. The Morgan fingerprint density at radius 2 is 1.69 bits per heavy atom. The first-order valence-electron chi connectivity index (χ1n) is 8.90. The summed E-state index contributed by atoms with van der Waals surface area (Å²) in [5, 5.41) is 2.78. The van der Waals surface area contributed by atoms with Crippen molar-refractivity contribution in [1.82, 2.24) is 4.98 Å². The van der Waals surface area contributed by atoms with Crippen LogP contribution >= 0.6 is 0 Å². The van der Waals surface area contributed by atoms with E-state index in [4.69, 9.17) is 4.74 Å². The summed E-state index contributed by atoms with van der Waals surface area (Å²) in [6.45, 7) is 3.71. The molecular formula is C20H23N3O3. The number of nitrogens with one attached hydrogen (secondary N) is 1. The molecule has 0 saturated carbocycles. The van der Waals surface area contributed by atoms with Crippen molar-refractivity contribution in [2.75, 3.05) is 23.3 Å². The standard InChI is InChI=1S/C20H23N3O3/c1-15(26-20(25)16-9-11-21-12-10-16)19(24)22-17-5-7-18(8-6-17)23-13-3-2-4-14-23/h5-12,15H,2-4,13-14H2,1H3,(H,22,24)/t15-/m0/s1. The zero-order chi connectivity index (χ0) is 18.4. The topological polar surface area (TPSA) is 71.5 Å². The third-order valence-corrected chi connectivity index (χ3v) is 4.43. The second-order valence-electron chi connectivity index (χ2n) is 6.37. The van der Waals surface area contributed by atoms with Gasteiger partial charge in [0.1, 0.15) is 0 Å². The summed E-state index contributed by atoms with van der Waals surface area (Å²) in [6.07, 6.45) is 5.85. The van der Waals surface area contributed by atoms with E-state index < -0.39 is 12.1 Å². The van der Waals surface area contributed by atoms with Crippen molar-refractivity contribution in [3.05, 3.63) is 54.4 Å². The molecule has 2 aromatic rings. The van der Waals surface area contributed by atoms with Crippen molar-refractivity contribution in [3.63, 3.8) is 0 Å². The van der Waals surface area contributed by atoms with Gasteiger partial charge in [0.15, 0.2) is 6.10 Å². The predicted octanol–water partition coefficient (Wildman–Crippen LogP) is 3.26. The second kappa shape index (κ2) is 8.47. The van der Waals surface area contributed by atoms with Crippen LogP contribution in [0, 0.1) is 0 Å². The van der Waals surface area contributed by atoms with Crippen LogP contribution in [0.4, 0.5) is 11.4 Å². The molecule has 136 valence electrons. The number of esters is 1. The minimum absolute atomic E-state index is 0.363. The lowest BCUT2D eigenvalue weighted by Crippen LogP contribution is -2.30. The molecule has 26 heavy (non-hydrogen) atoms. The molecule has 1 aromatic heterocycles. The fourth-order valence-corrected chi connectivity index (χ4v) is 2.92. The number of anilines is 2. The largest absolute Gasteiger partial charge is 0.449 e. The summed E-state index contributed by atoms with van der Waals surface area (Å²) < 4.78 is 5.20. The minimum atomic E-state index is -0.891. The molecular weight excluding hydrogens is 330 g/mol. The Morgan fingerprint density at radius 3 is 2.35 bits per heavy atom. The van der Waals surface area contributed by atoms with Crippen LogP contribution in [-0.2, 0) is 9.53 Å². The van der Waals surface area contributed by atoms with E-state index in [-0.39, 0.29) is 5.91 Å². The summed E-state index contributed by atoms with van der Waals surface area (Å²) in [5.41, 5.74) is 2.22. The number of rotatable bonds is 5. The first kappa shape index (κ1) is 17.9. The Morgan fingerprint density at radius 1 is 1.04 bits per heavy atom. The SMILES string of the molecule is C[C@H](OC(=O)c1ccncc1)C(=O)Nc1ccc(N2CCCCC2)cc1. The average Bonchev–Trinajstić information content (AvgIpc) is 2.70. The molecule has 0 bridgehead atoms. The molecule has 0 spiro atoms. The number of amides is 1. The van der Waals surface area contributed by atoms with Crippen molar-refractivity contribution < 1.29 is 14.3 Å². The van der Waals surface area contributed by atoms with Gasteiger partial charge in [-0.25, -0.2) is 4.79 Å². The quantitative estimate of drug-likeness (QED) is 0.836. The van der Waals surface area contributed by atoms with Crippen molar-refractivity contribution >= 4 is 23.3 Å². The highest BCUT2D eigenvalue weighted by atomic mass is 16.5. The fourth-order valence-electron chi connectivity index (χ4n) is 2.92. The van der Waals surface area contributed by atoms with Crippen molar-refractivity contribution in [2.24, 2.45) is 0 Å². The van der Waals surface area contributed by atoms with Gasteiger partial charge < -0.3 is 15.0 Å². The van der Waals surface area contributed by atoms with Crippen LogP contribution in [0.15, 0.2) is 48.8 Å². The molecule has 1 aliphatic rings. The summed E-state index contributed by atoms with van der Waals surface area (Å²) in [5.74, 6) is -0.909. The first-order chi connectivity index (χ1) is 12.6. The van der Waals surface area contributed by atoms with Gasteiger partial charge in [-0.1, -0.05) is 0 Å². The molecule has 0 unspecified atom stereocenters. The van der Waals surface area contributed by atoms with Crippen LogP contribution in [0.1, 0.15) is 36.5 Å². The zero-order valence-electron chi connectivity index (χ0n) is 14.9. The average molecular weight is 353 g/mol. The lowest BCUT2D eigenvalue weighted by molar-refractivity contribution is -0.123. The molecule has 1 atom stereocenters. The molecule has 0 radical (unpaired) electrons. The number of pyridine rings is 1. The molecule has 1 aromatic carbocycles. The van der Waals surface area contributed by atoms with Gasteiger partial charge in [0, 0.05) is 36.9 Å². The van der Waals surface area contributed by atoms with Crippen molar-refractivity contribution in [2.45, 2.75) is 32.3 Å². The molecule has 3 rings (SSSR count). The van der Waals surface area contributed by atoms with Gasteiger partial charge in [0.2, 0.25) is 0 Å². The number of carbonyl (C=O) groups excluding carboxylic acids is 2. The van der Waals surface area contributed by atoms with Crippen molar-refractivity contribution in [3.8, 4) is 0 Å². The maximum Gasteiger partial charge on any atom is 0.339 e. The monoisotopic (exact) mass is 353 g/mol. The van der Waals surface area contributed by atoms with E-state index in [9.17, 15) is 9.59 Å². The van der Waals surface area contributed by atoms with E-state index in [0.29, 0.717) is 11.3 Å². The van der Waals surface area contributed by atoms with E-state index >= 15 is 0 Å². The molecule has 1 amide bonds. The first-order valence-corrected chi connectivity index (χ1v) is 8.90. The summed E-state index contributed by atoms with van der Waals surface area (Å²) in [6, 6.07) is 10.9. The van der Waals surface area contributed by atoms with Gasteiger partial charge in [-0.3, -0.25) is 9.78 Å². The molecule has 0 aliphatic carbocycles. The predicted molar refractivity (Wildman–Crippen MR) is 100 cm³/mol. The minimum Gasteiger partial charge on any atom is -0.449 e. The number of piperidine rings is 1. The second-order valence-corrected chi connectivity index (χ2v) is 6.37. The Bertz CT molecular complexity index is 741. The van der Waals surface area contributed by atoms with E-state index in [1.807, 2.05) is 24.3 Å². The van der Waals surface area contributed by atoms with Crippen LogP contribution < -0.4 is 10.2 Å². The molecule has 6 heteroatoms. The molecule has 6 nitrogen and oxygen atoms in total. The molecule has 1 saturated heterocycles. The van der Waals surface area contributed by atoms with Gasteiger partial charge in [-0.2, -0.15) is 0 Å². The molecule has 1 aliphatic heterocycles. The maximum atomic E-state index is 12.3. The van der Waals surface area contributed by atoms with E-state index in [1.165, 1.54) is 37.3 Å². The van der Waals surface area contributed by atoms with E-state index in [0.717, 1.165) is 13.1 Å². The molecule has 2 heterocycles. The Hall–Kier alpha value is -2.89. The third kappa shape index (κ3) is 4.59. The Kier molecular flexibility index (Phi) is 5.84. The smallest absolute Gasteiger partial charge is 0.339 e. The van der Waals surface area contributed by atoms with Gasteiger partial charge in [-0.05, 0) is 62.6 Å². The van der Waals surface area contributed by atoms with Gasteiger partial charge in [0.25, 0.3) is 5.91 Å². The number of aromatic nitrogens is 1. The number of hydrogen-bond donors (Lipinski definition) is 1. The lowest BCUT2D eigenvalue weighted by atomic mass is 10.1. The van der Waals surface area contributed by atoms with Crippen molar-refractivity contribution in [1.29, 1.82) is 0 Å². The van der Waals surface area contributed by atoms with Crippen LogP contribution in [0.2, 0.25) is 0 Å². The molecule has 1 N–H and O–H groups in total. The summed E-state index contributed by atoms with van der Waals surface area (Å²) >= 11 is 0. The van der Waals surface area contributed by atoms with E-state index in [1.54, 1.807) is 19.1 Å². The van der Waals surface area contributed by atoms with Crippen LogP contribution in [0.3, 0.4) is 0 Å². The highest BCUT2D eigenvalue weighted by molar-refractivity contribution is 5.97. The number of ether oxygens (including phenoxy) is 1. The van der Waals surface area contributed by atoms with E-state index in [2.05, 4.69) is 15.2 Å². The Labute approximate surface area is 153 Å². The summed E-state index contributed by atoms with van der Waals surface area (Å²) in [4.78, 5) is 30.5. The third-order valence-electron chi connectivity index (χ3n) is 4.43. The Balaban J connectivity index is 1.54. The van der Waals surface area contributed by atoms with Crippen LogP contribution in [0.25, 0.3) is 0 Å². The van der Waals surface area contributed by atoms with Crippen LogP contribution in [0.5, 0.6) is 0 Å². The maximum absolute atomic E-state index is 12.3. The van der Waals surface area contributed by atoms with Gasteiger partial charge in [-0.15, -0.1) is 0 Å². The number of hydrogen-bond acceptors (Lipinski definition) is 5. The summed E-state index contributed by atoms with van der Waals surface area (Å²) in [7, 11) is 0. The normalized spacial score (nSPS) is 15.2. The number of nitrogens with zero attached hydrogens (tertiary/aromatic N) is 2. The lowest BCUT2D eigenvalue weighted by Gasteiger charge is -2.28. The van der Waals surface area contributed by atoms with Gasteiger partial charge >= 0.3 is 5.97 Å². The van der Waals surface area contributed by atoms with Gasteiger partial charge in [0.05, 0.1) is 5.56 Å². The number of carbonyl (C=O) groups is 2.